The van der Waals surface area contributed by atoms with E-state index in [0.29, 0.717) is 0 Å². The Kier molecular flexibility index (Phi) is 4.65. The van der Waals surface area contributed by atoms with Crippen LogP contribution in [0, 0.1) is 5.82 Å². The Labute approximate surface area is 104 Å². The highest BCUT2D eigenvalue weighted by Gasteiger charge is 2.12. The lowest BCUT2D eigenvalue weighted by Gasteiger charge is -2.12. The molecule has 0 aliphatic heterocycles. The summed E-state index contributed by atoms with van der Waals surface area (Å²) in [6.07, 6.45) is 0.775. The predicted molar refractivity (Wildman–Crippen MR) is 65.3 cm³/mol. The van der Waals surface area contributed by atoms with Gasteiger partial charge in [0.15, 0.2) is 0 Å². The van der Waals surface area contributed by atoms with Gasteiger partial charge in [0, 0.05) is 11.7 Å². The van der Waals surface area contributed by atoms with E-state index >= 15 is 0 Å². The minimum Gasteiger partial charge on any atom is -0.478 e. The van der Waals surface area contributed by atoms with Crippen molar-refractivity contribution in [3.63, 3.8) is 0 Å². The molecule has 5 nitrogen and oxygen atoms in total. The van der Waals surface area contributed by atoms with Crippen molar-refractivity contribution >= 4 is 17.7 Å². The van der Waals surface area contributed by atoms with Crippen molar-refractivity contribution in [2.24, 2.45) is 0 Å². The Morgan fingerprint density at radius 2 is 2.11 bits per heavy atom. The van der Waals surface area contributed by atoms with Crippen LogP contribution in [-0.4, -0.2) is 23.1 Å². The van der Waals surface area contributed by atoms with Gasteiger partial charge in [-0.15, -0.1) is 0 Å². The van der Waals surface area contributed by atoms with Crippen LogP contribution in [0.5, 0.6) is 0 Å². The van der Waals surface area contributed by atoms with Crippen molar-refractivity contribution in [1.82, 2.24) is 5.32 Å². The summed E-state index contributed by atoms with van der Waals surface area (Å²) in [5.74, 6) is -2.21. The molecule has 1 atom stereocenters. The zero-order valence-corrected chi connectivity index (χ0v) is 10.2. The third-order valence-corrected chi connectivity index (χ3v) is 2.44. The number of carboxylic acids is 1. The number of urea groups is 1. The van der Waals surface area contributed by atoms with E-state index in [0.717, 1.165) is 18.6 Å². The lowest BCUT2D eigenvalue weighted by Crippen LogP contribution is -2.35. The van der Waals surface area contributed by atoms with Crippen LogP contribution in [0.3, 0.4) is 0 Å². The molecule has 0 aromatic heterocycles. The van der Waals surface area contributed by atoms with E-state index in [1.807, 2.05) is 13.8 Å². The van der Waals surface area contributed by atoms with E-state index in [1.165, 1.54) is 6.07 Å². The molecule has 1 aromatic rings. The number of carbonyl (C=O) groups excluding carboxylic acids is 1. The number of halogens is 1. The number of benzene rings is 1. The van der Waals surface area contributed by atoms with Gasteiger partial charge < -0.3 is 15.7 Å². The maximum atomic E-state index is 13.1. The van der Waals surface area contributed by atoms with Crippen LogP contribution in [0.1, 0.15) is 30.6 Å². The number of anilines is 1. The van der Waals surface area contributed by atoms with E-state index in [9.17, 15) is 14.0 Å². The van der Waals surface area contributed by atoms with Gasteiger partial charge in [0.2, 0.25) is 0 Å². The molecule has 1 aromatic carbocycles. The number of rotatable bonds is 4. The lowest BCUT2D eigenvalue weighted by atomic mass is 10.2. The molecule has 0 saturated heterocycles. The van der Waals surface area contributed by atoms with Crippen LogP contribution < -0.4 is 10.6 Å². The molecule has 0 saturated carbocycles. The van der Waals surface area contributed by atoms with E-state index in [2.05, 4.69) is 10.6 Å². The number of hydrogen-bond acceptors (Lipinski definition) is 2. The van der Waals surface area contributed by atoms with Gasteiger partial charge in [0.1, 0.15) is 5.82 Å². The summed E-state index contributed by atoms with van der Waals surface area (Å²) >= 11 is 0. The molecule has 3 N–H and O–H groups in total. The van der Waals surface area contributed by atoms with E-state index in [4.69, 9.17) is 5.11 Å². The van der Waals surface area contributed by atoms with Gasteiger partial charge in [-0.3, -0.25) is 0 Å². The van der Waals surface area contributed by atoms with Crippen LogP contribution >= 0.6 is 0 Å². The molecule has 18 heavy (non-hydrogen) atoms. The second-order valence-corrected chi connectivity index (χ2v) is 3.91. The first-order valence-corrected chi connectivity index (χ1v) is 5.54. The summed E-state index contributed by atoms with van der Waals surface area (Å²) in [5, 5.41) is 13.8. The highest BCUT2D eigenvalue weighted by atomic mass is 19.1. The minimum atomic E-state index is -1.38. The van der Waals surface area contributed by atoms with Crippen molar-refractivity contribution in [3.8, 4) is 0 Å². The molecular weight excluding hydrogens is 239 g/mol. The molecule has 2 amide bonds. The van der Waals surface area contributed by atoms with Crippen LogP contribution in [0.15, 0.2) is 18.2 Å². The molecule has 0 heterocycles. The maximum Gasteiger partial charge on any atom is 0.338 e. The number of amides is 2. The van der Waals surface area contributed by atoms with Crippen molar-refractivity contribution in [2.75, 3.05) is 5.32 Å². The summed E-state index contributed by atoms with van der Waals surface area (Å²) in [4.78, 5) is 22.2. The molecule has 0 radical (unpaired) electrons. The first-order valence-electron chi connectivity index (χ1n) is 5.54. The average Bonchev–Trinajstić information content (AvgIpc) is 2.31. The molecule has 1 rings (SSSR count). The summed E-state index contributed by atoms with van der Waals surface area (Å²) in [5.41, 5.74) is -0.244. The van der Waals surface area contributed by atoms with Gasteiger partial charge in [-0.05, 0) is 31.5 Å². The molecular formula is C12H15FN2O3. The van der Waals surface area contributed by atoms with Crippen molar-refractivity contribution in [3.05, 3.63) is 29.6 Å². The Balaban J connectivity index is 2.76. The average molecular weight is 254 g/mol. The Hall–Kier alpha value is -2.11. The van der Waals surface area contributed by atoms with Gasteiger partial charge in [0.25, 0.3) is 0 Å². The van der Waals surface area contributed by atoms with Crippen molar-refractivity contribution < 1.29 is 19.1 Å². The third kappa shape index (κ3) is 3.73. The Morgan fingerprint density at radius 3 is 2.67 bits per heavy atom. The van der Waals surface area contributed by atoms with E-state index in [-0.39, 0.29) is 11.7 Å². The largest absolute Gasteiger partial charge is 0.478 e. The predicted octanol–water partition coefficient (Wildman–Crippen LogP) is 2.44. The van der Waals surface area contributed by atoms with E-state index < -0.39 is 23.4 Å². The zero-order chi connectivity index (χ0) is 13.7. The zero-order valence-electron chi connectivity index (χ0n) is 10.2. The fourth-order valence-electron chi connectivity index (χ4n) is 1.26. The minimum absolute atomic E-state index is 0.00407. The lowest BCUT2D eigenvalue weighted by molar-refractivity contribution is 0.0692. The number of hydrogen-bond donors (Lipinski definition) is 3. The van der Waals surface area contributed by atoms with Gasteiger partial charge in [-0.25, -0.2) is 14.0 Å². The highest BCUT2D eigenvalue weighted by Crippen LogP contribution is 2.14. The molecule has 6 heteroatoms. The van der Waals surface area contributed by atoms with Gasteiger partial charge >= 0.3 is 12.0 Å². The fraction of sp³-hybridized carbons (Fsp3) is 0.333. The number of aromatic carboxylic acids is 1. The second-order valence-electron chi connectivity index (χ2n) is 3.91. The van der Waals surface area contributed by atoms with Crippen LogP contribution in [0.25, 0.3) is 0 Å². The van der Waals surface area contributed by atoms with Gasteiger partial charge in [-0.1, -0.05) is 6.92 Å². The van der Waals surface area contributed by atoms with Crippen molar-refractivity contribution in [1.29, 1.82) is 0 Å². The summed E-state index contributed by atoms with van der Waals surface area (Å²) in [7, 11) is 0. The second kappa shape index (κ2) is 6.00. The molecule has 1 unspecified atom stereocenters. The van der Waals surface area contributed by atoms with Crippen LogP contribution in [-0.2, 0) is 0 Å². The van der Waals surface area contributed by atoms with Gasteiger partial charge in [-0.2, -0.15) is 0 Å². The number of nitrogens with one attached hydrogen (secondary N) is 2. The normalized spacial score (nSPS) is 11.7. The number of carbonyl (C=O) groups is 2. The fourth-order valence-corrected chi connectivity index (χ4v) is 1.26. The molecule has 0 bridgehead atoms. The molecule has 98 valence electrons. The standard InChI is InChI=1S/C12H15FN2O3/c1-3-7(2)14-12(18)15-8-4-5-10(13)9(6-8)11(16)17/h4-7H,3H2,1-2H3,(H,16,17)(H2,14,15,18). The molecule has 0 aliphatic rings. The highest BCUT2D eigenvalue weighted by molar-refractivity contribution is 5.93. The first kappa shape index (κ1) is 14.0. The molecule has 0 spiro atoms. The topological polar surface area (TPSA) is 78.4 Å². The van der Waals surface area contributed by atoms with Crippen LogP contribution in [0.4, 0.5) is 14.9 Å². The van der Waals surface area contributed by atoms with Crippen LogP contribution in [0.2, 0.25) is 0 Å². The monoisotopic (exact) mass is 254 g/mol. The van der Waals surface area contributed by atoms with Gasteiger partial charge in [0.05, 0.1) is 5.56 Å². The molecule has 0 fully saturated rings. The summed E-state index contributed by atoms with van der Waals surface area (Å²) in [6, 6.07) is 2.94. The first-order chi connectivity index (χ1) is 8.43. The van der Waals surface area contributed by atoms with E-state index in [1.54, 1.807) is 0 Å². The summed E-state index contributed by atoms with van der Waals surface area (Å²) < 4.78 is 13.1. The number of carboxylic acid groups (broad SMARTS) is 1. The Morgan fingerprint density at radius 1 is 1.44 bits per heavy atom. The van der Waals surface area contributed by atoms with Crippen molar-refractivity contribution in [2.45, 2.75) is 26.3 Å². The SMILES string of the molecule is CCC(C)NC(=O)Nc1ccc(F)c(C(=O)O)c1. The smallest absolute Gasteiger partial charge is 0.338 e. The maximum absolute atomic E-state index is 13.1. The third-order valence-electron chi connectivity index (χ3n) is 2.44. The Bertz CT molecular complexity index is 463. The summed E-state index contributed by atoms with van der Waals surface area (Å²) in [6.45, 7) is 3.76. The molecule has 0 aliphatic carbocycles. The quantitative estimate of drug-likeness (QED) is 0.772.